The Hall–Kier alpha value is -0.860. The number of anilines is 1. The van der Waals surface area contributed by atoms with Crippen molar-refractivity contribution in [3.63, 3.8) is 0 Å². The molecule has 0 spiro atoms. The van der Waals surface area contributed by atoms with Crippen molar-refractivity contribution < 1.29 is 9.21 Å². The molecular weight excluding hydrogens is 443 g/mol. The Kier molecular flexibility index (Phi) is 4.85. The first kappa shape index (κ1) is 17.0. The first-order chi connectivity index (χ1) is 10.9. The van der Waals surface area contributed by atoms with E-state index in [2.05, 4.69) is 26.2 Å². The minimum atomic E-state index is -0.276. The average molecular weight is 452 g/mol. The minimum absolute atomic E-state index is 0.276. The monoisotopic (exact) mass is 450 g/mol. The van der Waals surface area contributed by atoms with Gasteiger partial charge in [-0.2, -0.15) is 0 Å². The lowest BCUT2D eigenvalue weighted by molar-refractivity contribution is 0.102. The quantitative estimate of drug-likeness (QED) is 0.500. The molecule has 4 nitrogen and oxygen atoms in total. The van der Waals surface area contributed by atoms with E-state index in [0.29, 0.717) is 41.1 Å². The van der Waals surface area contributed by atoms with Gasteiger partial charge in [-0.15, -0.1) is 22.7 Å². The molecule has 3 aromatic heterocycles. The maximum absolute atomic E-state index is 12.4. The predicted octanol–water partition coefficient (Wildman–Crippen LogP) is 6.40. The average Bonchev–Trinajstić information content (AvgIpc) is 3.10. The number of nitrogens with one attached hydrogen (secondary N) is 1. The van der Waals surface area contributed by atoms with Gasteiger partial charge in [-0.1, -0.05) is 23.2 Å². The van der Waals surface area contributed by atoms with E-state index in [1.165, 1.54) is 22.7 Å². The van der Waals surface area contributed by atoms with Crippen molar-refractivity contribution in [3.8, 4) is 11.3 Å². The second-order valence-electron chi connectivity index (χ2n) is 4.63. The summed E-state index contributed by atoms with van der Waals surface area (Å²) in [5, 5.41) is 5.08. The van der Waals surface area contributed by atoms with Crippen molar-refractivity contribution in [3.05, 3.63) is 41.7 Å². The molecule has 0 radical (unpaired) electrons. The fourth-order valence-corrected chi connectivity index (χ4v) is 4.77. The van der Waals surface area contributed by atoms with Gasteiger partial charge in [0.25, 0.3) is 5.91 Å². The van der Waals surface area contributed by atoms with E-state index in [1.54, 1.807) is 19.9 Å². The molecule has 0 aromatic carbocycles. The SMILES string of the molecule is Cc1oc(C)c(C(=O)Nc2nc(-c3cc(Cl)sc3Cl)cs2)c1Br. The standard InChI is InChI=1S/C14H9BrCl2N2O2S2/c1-5-10(11(15)6(2)21-5)13(20)19-14-18-8(4-22-14)7-3-9(16)23-12(7)17/h3-4H,1-2H3,(H,18,19,20). The van der Waals surface area contributed by atoms with Crippen molar-refractivity contribution >= 4 is 72.8 Å². The molecule has 23 heavy (non-hydrogen) atoms. The van der Waals surface area contributed by atoms with Gasteiger partial charge in [0.05, 0.1) is 20.1 Å². The van der Waals surface area contributed by atoms with Crippen LogP contribution in [0.15, 0.2) is 20.3 Å². The summed E-state index contributed by atoms with van der Waals surface area (Å²) in [4.78, 5) is 16.8. The number of hydrogen-bond donors (Lipinski definition) is 1. The number of rotatable bonds is 3. The Bertz CT molecular complexity index is 901. The zero-order valence-corrected chi connectivity index (χ0v) is 16.6. The molecule has 0 unspecified atom stereocenters. The molecule has 0 atom stereocenters. The largest absolute Gasteiger partial charge is 0.465 e. The molecule has 3 heterocycles. The summed E-state index contributed by atoms with van der Waals surface area (Å²) in [6, 6.07) is 1.76. The van der Waals surface area contributed by atoms with Gasteiger partial charge in [0.2, 0.25) is 0 Å². The molecule has 0 fully saturated rings. The van der Waals surface area contributed by atoms with Crippen molar-refractivity contribution in [2.45, 2.75) is 13.8 Å². The molecule has 0 aliphatic carbocycles. The molecule has 1 amide bonds. The molecule has 120 valence electrons. The van der Waals surface area contributed by atoms with Crippen molar-refractivity contribution in [2.24, 2.45) is 0 Å². The summed E-state index contributed by atoms with van der Waals surface area (Å²) >= 11 is 18.0. The summed E-state index contributed by atoms with van der Waals surface area (Å²) in [6.45, 7) is 3.53. The Morgan fingerprint density at radius 1 is 1.35 bits per heavy atom. The predicted molar refractivity (Wildman–Crippen MR) is 99.3 cm³/mol. The number of thiazole rings is 1. The fourth-order valence-electron chi connectivity index (χ4n) is 2.04. The fraction of sp³-hybridized carbons (Fsp3) is 0.143. The highest BCUT2D eigenvalue weighted by Gasteiger charge is 2.21. The second-order valence-corrected chi connectivity index (χ2v) is 8.57. The smallest absolute Gasteiger partial charge is 0.262 e. The van der Waals surface area contributed by atoms with Crippen LogP contribution in [0.25, 0.3) is 11.3 Å². The highest BCUT2D eigenvalue weighted by atomic mass is 79.9. The van der Waals surface area contributed by atoms with Crippen LogP contribution in [-0.4, -0.2) is 10.9 Å². The van der Waals surface area contributed by atoms with Crippen LogP contribution in [-0.2, 0) is 0 Å². The van der Waals surface area contributed by atoms with Crippen LogP contribution < -0.4 is 5.32 Å². The number of nitrogens with zero attached hydrogens (tertiary/aromatic N) is 1. The van der Waals surface area contributed by atoms with E-state index in [0.717, 1.165) is 5.56 Å². The maximum Gasteiger partial charge on any atom is 0.262 e. The topological polar surface area (TPSA) is 55.1 Å². The zero-order valence-electron chi connectivity index (χ0n) is 11.9. The van der Waals surface area contributed by atoms with Gasteiger partial charge in [-0.3, -0.25) is 10.1 Å². The first-order valence-electron chi connectivity index (χ1n) is 6.34. The second kappa shape index (κ2) is 6.57. The van der Waals surface area contributed by atoms with Gasteiger partial charge in [0, 0.05) is 10.9 Å². The number of furan rings is 1. The number of amides is 1. The first-order valence-corrected chi connectivity index (χ1v) is 9.59. The molecule has 0 aliphatic rings. The van der Waals surface area contributed by atoms with Crippen LogP contribution in [0.5, 0.6) is 0 Å². The number of carbonyl (C=O) groups excluding carboxylic acids is 1. The maximum atomic E-state index is 12.4. The van der Waals surface area contributed by atoms with Gasteiger partial charge in [0.15, 0.2) is 5.13 Å². The van der Waals surface area contributed by atoms with Crippen molar-refractivity contribution in [1.29, 1.82) is 0 Å². The van der Waals surface area contributed by atoms with Gasteiger partial charge in [0.1, 0.15) is 15.9 Å². The summed E-state index contributed by atoms with van der Waals surface area (Å²) in [7, 11) is 0. The van der Waals surface area contributed by atoms with Crippen LogP contribution in [0, 0.1) is 13.8 Å². The summed E-state index contributed by atoms with van der Waals surface area (Å²) in [6.07, 6.45) is 0. The summed E-state index contributed by atoms with van der Waals surface area (Å²) < 4.78 is 7.26. The molecule has 0 saturated heterocycles. The van der Waals surface area contributed by atoms with Gasteiger partial charge in [-0.25, -0.2) is 4.98 Å². The highest BCUT2D eigenvalue weighted by Crippen LogP contribution is 2.39. The van der Waals surface area contributed by atoms with Crippen LogP contribution in [0.4, 0.5) is 5.13 Å². The van der Waals surface area contributed by atoms with E-state index < -0.39 is 0 Å². The highest BCUT2D eigenvalue weighted by molar-refractivity contribution is 9.10. The van der Waals surface area contributed by atoms with E-state index in [1.807, 2.05) is 5.38 Å². The van der Waals surface area contributed by atoms with Gasteiger partial charge in [-0.05, 0) is 35.8 Å². The number of hydrogen-bond acceptors (Lipinski definition) is 5. The molecule has 0 bridgehead atoms. The Morgan fingerprint density at radius 3 is 2.65 bits per heavy atom. The lowest BCUT2D eigenvalue weighted by Gasteiger charge is -2.00. The number of carbonyl (C=O) groups is 1. The molecule has 9 heteroatoms. The summed E-state index contributed by atoms with van der Waals surface area (Å²) in [5.41, 5.74) is 1.91. The van der Waals surface area contributed by atoms with Crippen LogP contribution in [0.2, 0.25) is 8.67 Å². The summed E-state index contributed by atoms with van der Waals surface area (Å²) in [5.74, 6) is 0.935. The molecule has 0 saturated carbocycles. The third-order valence-corrected chi connectivity index (χ3v) is 6.27. The molecular formula is C14H9BrCl2N2O2S2. The third kappa shape index (κ3) is 3.34. The van der Waals surface area contributed by atoms with E-state index in [9.17, 15) is 4.79 Å². The lowest BCUT2D eigenvalue weighted by Crippen LogP contribution is -2.12. The zero-order chi connectivity index (χ0) is 16.7. The van der Waals surface area contributed by atoms with Crippen LogP contribution in [0.3, 0.4) is 0 Å². The number of halogens is 3. The van der Waals surface area contributed by atoms with Crippen LogP contribution >= 0.6 is 61.8 Å². The lowest BCUT2D eigenvalue weighted by atomic mass is 10.2. The molecule has 0 aliphatic heterocycles. The normalized spacial score (nSPS) is 11.0. The molecule has 3 aromatic rings. The van der Waals surface area contributed by atoms with Crippen molar-refractivity contribution in [1.82, 2.24) is 4.98 Å². The number of thiophene rings is 1. The van der Waals surface area contributed by atoms with E-state index in [4.69, 9.17) is 27.6 Å². The number of aryl methyl sites for hydroxylation is 2. The van der Waals surface area contributed by atoms with Crippen LogP contribution in [0.1, 0.15) is 21.9 Å². The minimum Gasteiger partial charge on any atom is -0.465 e. The van der Waals surface area contributed by atoms with E-state index in [-0.39, 0.29) is 5.91 Å². The van der Waals surface area contributed by atoms with Gasteiger partial charge < -0.3 is 4.42 Å². The molecule has 3 rings (SSSR count). The molecule has 1 N–H and O–H groups in total. The Morgan fingerprint density at radius 2 is 2.09 bits per heavy atom. The number of aromatic nitrogens is 1. The van der Waals surface area contributed by atoms with Gasteiger partial charge >= 0.3 is 0 Å². The Labute approximate surface area is 158 Å². The van der Waals surface area contributed by atoms with E-state index >= 15 is 0 Å². The third-order valence-electron chi connectivity index (χ3n) is 3.07. The Balaban J connectivity index is 1.84. The van der Waals surface area contributed by atoms with Crippen molar-refractivity contribution in [2.75, 3.05) is 5.32 Å².